The Labute approximate surface area is 203 Å². The van der Waals surface area contributed by atoms with Crippen molar-refractivity contribution in [1.29, 1.82) is 0 Å². The van der Waals surface area contributed by atoms with Crippen molar-refractivity contribution in [2.45, 2.75) is 31.2 Å². The van der Waals surface area contributed by atoms with Gasteiger partial charge in [0, 0.05) is 16.7 Å². The molecule has 0 aromatic heterocycles. The highest BCUT2D eigenvalue weighted by molar-refractivity contribution is 9.10. The first-order chi connectivity index (χ1) is 16.2. The van der Waals surface area contributed by atoms with E-state index in [-0.39, 0.29) is 18.1 Å². The van der Waals surface area contributed by atoms with Crippen molar-refractivity contribution in [2.24, 2.45) is 0 Å². The van der Waals surface area contributed by atoms with Gasteiger partial charge in [0.15, 0.2) is 0 Å². The Hall–Kier alpha value is -3.04. The van der Waals surface area contributed by atoms with Gasteiger partial charge in [-0.2, -0.15) is 13.2 Å². The van der Waals surface area contributed by atoms with Gasteiger partial charge in [0.05, 0.1) is 23.3 Å². The van der Waals surface area contributed by atoms with Gasteiger partial charge in [0.1, 0.15) is 11.5 Å². The lowest BCUT2D eigenvalue weighted by atomic mass is 10.1. The molecule has 5 nitrogen and oxygen atoms in total. The molecular formula is C25H22BrF3N2O3. The van der Waals surface area contributed by atoms with E-state index in [2.05, 4.69) is 21.2 Å². The van der Waals surface area contributed by atoms with Crippen LogP contribution < -0.4 is 15.8 Å². The Bertz CT molecular complexity index is 1170. The Morgan fingerprint density at radius 2 is 1.82 bits per heavy atom. The maximum Gasteiger partial charge on any atom is 0.416 e. The number of ether oxygens (including phenoxy) is 2. The Morgan fingerprint density at radius 1 is 1.06 bits per heavy atom. The lowest BCUT2D eigenvalue weighted by molar-refractivity contribution is -0.137. The van der Waals surface area contributed by atoms with Crippen molar-refractivity contribution in [3.05, 3.63) is 87.9 Å². The number of amides is 1. The van der Waals surface area contributed by atoms with Gasteiger partial charge in [-0.1, -0.05) is 28.1 Å². The Kier molecular flexibility index (Phi) is 7.13. The maximum atomic E-state index is 12.7. The minimum absolute atomic E-state index is 0.148. The maximum absolute atomic E-state index is 12.7. The molecule has 1 amide bonds. The largest absolute Gasteiger partial charge is 0.457 e. The van der Waals surface area contributed by atoms with Crippen molar-refractivity contribution in [3.8, 4) is 11.5 Å². The first kappa shape index (κ1) is 24.1. The molecule has 1 heterocycles. The first-order valence-corrected chi connectivity index (χ1v) is 11.4. The molecule has 0 bridgehead atoms. The lowest BCUT2D eigenvalue weighted by Crippen LogP contribution is -2.32. The number of hydrogen-bond acceptors (Lipinski definition) is 4. The van der Waals surface area contributed by atoms with Crippen LogP contribution in [0.15, 0.2) is 71.2 Å². The summed E-state index contributed by atoms with van der Waals surface area (Å²) in [4.78, 5) is 12.4. The second kappa shape index (κ2) is 10.1. The Balaban J connectivity index is 1.33. The molecule has 178 valence electrons. The number of nitrogen functional groups attached to an aromatic ring is 1. The second-order valence-corrected chi connectivity index (χ2v) is 8.88. The number of rotatable bonds is 6. The number of carbonyl (C=O) groups excluding carboxylic acids is 1. The number of carbonyl (C=O) groups is 1. The van der Waals surface area contributed by atoms with Gasteiger partial charge in [-0.25, -0.2) is 0 Å². The number of anilines is 1. The molecular weight excluding hydrogens is 513 g/mol. The predicted molar refractivity (Wildman–Crippen MR) is 126 cm³/mol. The van der Waals surface area contributed by atoms with Crippen LogP contribution >= 0.6 is 15.9 Å². The molecule has 4 rings (SSSR count). The third-order valence-corrected chi connectivity index (χ3v) is 6.00. The molecule has 34 heavy (non-hydrogen) atoms. The molecule has 3 N–H and O–H groups in total. The van der Waals surface area contributed by atoms with E-state index in [1.165, 1.54) is 12.1 Å². The van der Waals surface area contributed by atoms with Gasteiger partial charge < -0.3 is 20.5 Å². The molecule has 3 aromatic rings. The van der Waals surface area contributed by atoms with E-state index in [0.29, 0.717) is 29.3 Å². The molecule has 1 saturated heterocycles. The molecule has 0 spiro atoms. The smallest absolute Gasteiger partial charge is 0.416 e. The van der Waals surface area contributed by atoms with Gasteiger partial charge in [0.25, 0.3) is 5.91 Å². The highest BCUT2D eigenvalue weighted by atomic mass is 79.9. The van der Waals surface area contributed by atoms with Crippen molar-refractivity contribution < 1.29 is 27.4 Å². The van der Waals surface area contributed by atoms with Crippen LogP contribution in [-0.2, 0) is 10.9 Å². The summed E-state index contributed by atoms with van der Waals surface area (Å²) in [6, 6.07) is 16.9. The van der Waals surface area contributed by atoms with Crippen molar-refractivity contribution in [2.75, 3.05) is 12.3 Å². The van der Waals surface area contributed by atoms with E-state index < -0.39 is 11.7 Å². The molecule has 2 unspecified atom stereocenters. The van der Waals surface area contributed by atoms with Crippen molar-refractivity contribution in [1.82, 2.24) is 5.32 Å². The molecule has 1 fully saturated rings. The number of nitrogens with one attached hydrogen (secondary N) is 1. The molecule has 3 aromatic carbocycles. The minimum Gasteiger partial charge on any atom is -0.457 e. The van der Waals surface area contributed by atoms with E-state index in [1.807, 2.05) is 18.2 Å². The summed E-state index contributed by atoms with van der Waals surface area (Å²) in [6.45, 7) is 0.354. The average Bonchev–Trinajstić information content (AvgIpc) is 3.27. The molecule has 0 radical (unpaired) electrons. The van der Waals surface area contributed by atoms with Gasteiger partial charge in [0.2, 0.25) is 0 Å². The summed E-state index contributed by atoms with van der Waals surface area (Å²) in [5.41, 5.74) is 6.89. The van der Waals surface area contributed by atoms with Crippen LogP contribution in [0.25, 0.3) is 0 Å². The van der Waals surface area contributed by atoms with Gasteiger partial charge >= 0.3 is 6.18 Å². The second-order valence-electron chi connectivity index (χ2n) is 7.96. The van der Waals surface area contributed by atoms with Crippen LogP contribution in [0.3, 0.4) is 0 Å². The van der Waals surface area contributed by atoms with Crippen LogP contribution in [0.4, 0.5) is 18.9 Å². The molecule has 9 heteroatoms. The summed E-state index contributed by atoms with van der Waals surface area (Å²) in [6.07, 6.45) is -3.17. The summed E-state index contributed by atoms with van der Waals surface area (Å²) in [7, 11) is 0. The fourth-order valence-corrected chi connectivity index (χ4v) is 4.15. The van der Waals surface area contributed by atoms with E-state index in [9.17, 15) is 18.0 Å². The summed E-state index contributed by atoms with van der Waals surface area (Å²) >= 11 is 3.32. The molecule has 0 saturated carbocycles. The van der Waals surface area contributed by atoms with Crippen molar-refractivity contribution >= 4 is 27.5 Å². The minimum atomic E-state index is -4.39. The highest BCUT2D eigenvalue weighted by Crippen LogP contribution is 2.35. The zero-order valence-electron chi connectivity index (χ0n) is 17.9. The summed E-state index contributed by atoms with van der Waals surface area (Å²) in [5.74, 6) is 0.553. The third-order valence-electron chi connectivity index (χ3n) is 5.50. The van der Waals surface area contributed by atoms with E-state index in [1.54, 1.807) is 24.3 Å². The first-order valence-electron chi connectivity index (χ1n) is 10.6. The quantitative estimate of drug-likeness (QED) is 0.354. The SMILES string of the molecule is Nc1cc(Br)ccc1C(=O)NCC1CCC(c2cccc(Oc3ccc(C(F)(F)F)cc3)c2)O1. The van der Waals surface area contributed by atoms with Gasteiger partial charge in [-0.3, -0.25) is 4.79 Å². The van der Waals surface area contributed by atoms with Crippen LogP contribution in [0.2, 0.25) is 0 Å². The molecule has 1 aliphatic heterocycles. The topological polar surface area (TPSA) is 73.6 Å². The van der Waals surface area contributed by atoms with E-state index >= 15 is 0 Å². The van der Waals surface area contributed by atoms with Crippen LogP contribution in [0.1, 0.15) is 40.4 Å². The summed E-state index contributed by atoms with van der Waals surface area (Å²) in [5, 5.41) is 2.87. The highest BCUT2D eigenvalue weighted by Gasteiger charge is 2.30. The van der Waals surface area contributed by atoms with Crippen LogP contribution in [0.5, 0.6) is 11.5 Å². The zero-order chi connectivity index (χ0) is 24.3. The average molecular weight is 535 g/mol. The fraction of sp³-hybridized carbons (Fsp3) is 0.240. The van der Waals surface area contributed by atoms with Gasteiger partial charge in [-0.15, -0.1) is 0 Å². The predicted octanol–water partition coefficient (Wildman–Crippen LogP) is 6.49. The van der Waals surface area contributed by atoms with Gasteiger partial charge in [-0.05, 0) is 73.0 Å². The molecule has 0 aliphatic carbocycles. The van der Waals surface area contributed by atoms with Crippen molar-refractivity contribution in [3.63, 3.8) is 0 Å². The standard InChI is InChI=1S/C25H22BrF3N2O3/c26-17-6-10-21(22(30)13-17)24(32)31-14-20-9-11-23(34-20)15-2-1-3-19(12-15)33-18-7-4-16(5-8-18)25(27,28)29/h1-8,10,12-13,20,23H,9,11,14,30H2,(H,31,32). The third kappa shape index (κ3) is 5.90. The monoisotopic (exact) mass is 534 g/mol. The Morgan fingerprint density at radius 3 is 2.53 bits per heavy atom. The zero-order valence-corrected chi connectivity index (χ0v) is 19.5. The number of halogens is 4. The number of hydrogen-bond donors (Lipinski definition) is 2. The molecule has 2 atom stereocenters. The van der Waals surface area contributed by atoms with Crippen LogP contribution in [-0.4, -0.2) is 18.6 Å². The van der Waals surface area contributed by atoms with E-state index in [0.717, 1.165) is 35.0 Å². The molecule has 1 aliphatic rings. The van der Waals surface area contributed by atoms with Crippen LogP contribution in [0, 0.1) is 0 Å². The number of alkyl halides is 3. The number of nitrogens with two attached hydrogens (primary N) is 1. The lowest BCUT2D eigenvalue weighted by Gasteiger charge is -2.16. The summed E-state index contributed by atoms with van der Waals surface area (Å²) < 4.78 is 50.8. The fourth-order valence-electron chi connectivity index (χ4n) is 3.77. The normalized spacial score (nSPS) is 18.0. The number of benzene rings is 3. The van der Waals surface area contributed by atoms with E-state index in [4.69, 9.17) is 15.2 Å².